The van der Waals surface area contributed by atoms with E-state index in [-0.39, 0.29) is 5.91 Å². The number of fused-ring (bicyclic) bond motifs is 1. The van der Waals surface area contributed by atoms with E-state index in [1.807, 2.05) is 54.9 Å². The number of carbonyl (C=O) groups is 1. The molecule has 0 fully saturated rings. The van der Waals surface area contributed by atoms with Gasteiger partial charge in [0.2, 0.25) is 0 Å². The number of methoxy groups -OCH3 is 1. The van der Waals surface area contributed by atoms with Gasteiger partial charge in [-0.2, -0.15) is 0 Å². The summed E-state index contributed by atoms with van der Waals surface area (Å²) in [5, 5.41) is 3.74. The molecule has 0 spiro atoms. The van der Waals surface area contributed by atoms with E-state index in [1.165, 1.54) is 0 Å². The molecule has 112 valence electrons. The standard InChI is InChI=1S/C17H17N3O2/c1-11-6-4-9-16(18-11)19-17(21)14-10-12-13(20(14)2)7-5-8-15(12)22-3/h4-10H,1-3H3,(H,18,19,21). The van der Waals surface area contributed by atoms with Crippen molar-refractivity contribution in [3.63, 3.8) is 0 Å². The molecule has 2 aromatic heterocycles. The molecule has 0 aliphatic heterocycles. The van der Waals surface area contributed by atoms with E-state index in [2.05, 4.69) is 10.3 Å². The molecule has 5 nitrogen and oxygen atoms in total. The zero-order valence-corrected chi connectivity index (χ0v) is 12.8. The number of hydrogen-bond acceptors (Lipinski definition) is 3. The molecule has 0 atom stereocenters. The summed E-state index contributed by atoms with van der Waals surface area (Å²) in [6.45, 7) is 1.89. The maximum atomic E-state index is 12.5. The first-order valence-corrected chi connectivity index (χ1v) is 6.97. The number of pyridine rings is 1. The van der Waals surface area contributed by atoms with Crippen LogP contribution in [0.5, 0.6) is 5.75 Å². The van der Waals surface area contributed by atoms with Crippen LogP contribution in [0.1, 0.15) is 16.2 Å². The summed E-state index contributed by atoms with van der Waals surface area (Å²) >= 11 is 0. The van der Waals surface area contributed by atoms with Gasteiger partial charge in [-0.3, -0.25) is 4.79 Å². The van der Waals surface area contributed by atoms with Gasteiger partial charge in [0.15, 0.2) is 0 Å². The Morgan fingerprint density at radius 3 is 2.73 bits per heavy atom. The molecule has 0 bridgehead atoms. The molecule has 0 aliphatic rings. The Balaban J connectivity index is 1.99. The van der Waals surface area contributed by atoms with Gasteiger partial charge < -0.3 is 14.6 Å². The molecular formula is C17H17N3O2. The van der Waals surface area contributed by atoms with Crippen LogP contribution in [-0.2, 0) is 7.05 Å². The van der Waals surface area contributed by atoms with E-state index in [0.29, 0.717) is 11.5 Å². The van der Waals surface area contributed by atoms with Crippen molar-refractivity contribution >= 4 is 22.6 Å². The molecule has 3 rings (SSSR count). The predicted molar refractivity (Wildman–Crippen MR) is 86.4 cm³/mol. The minimum Gasteiger partial charge on any atom is -0.496 e. The fourth-order valence-electron chi connectivity index (χ4n) is 2.52. The summed E-state index contributed by atoms with van der Waals surface area (Å²) in [5.41, 5.74) is 2.36. The van der Waals surface area contributed by atoms with Crippen LogP contribution in [-0.4, -0.2) is 22.6 Å². The summed E-state index contributed by atoms with van der Waals surface area (Å²) in [7, 11) is 3.48. The van der Waals surface area contributed by atoms with Gasteiger partial charge in [0, 0.05) is 18.1 Å². The highest BCUT2D eigenvalue weighted by Gasteiger charge is 2.16. The average Bonchev–Trinajstić information content (AvgIpc) is 2.85. The van der Waals surface area contributed by atoms with Crippen molar-refractivity contribution in [3.05, 3.63) is 53.9 Å². The van der Waals surface area contributed by atoms with E-state index < -0.39 is 0 Å². The lowest BCUT2D eigenvalue weighted by Gasteiger charge is -2.06. The van der Waals surface area contributed by atoms with Crippen molar-refractivity contribution in [2.45, 2.75) is 6.92 Å². The SMILES string of the molecule is COc1cccc2c1cc(C(=O)Nc1cccc(C)n1)n2C. The van der Waals surface area contributed by atoms with Crippen LogP contribution in [0.25, 0.3) is 10.9 Å². The number of anilines is 1. The first-order chi connectivity index (χ1) is 10.6. The molecule has 0 unspecified atom stereocenters. The lowest BCUT2D eigenvalue weighted by molar-refractivity contribution is 0.101. The zero-order chi connectivity index (χ0) is 15.7. The largest absolute Gasteiger partial charge is 0.496 e. The monoisotopic (exact) mass is 295 g/mol. The fourth-order valence-corrected chi connectivity index (χ4v) is 2.52. The van der Waals surface area contributed by atoms with Gasteiger partial charge in [-0.05, 0) is 37.3 Å². The fraction of sp³-hybridized carbons (Fsp3) is 0.176. The topological polar surface area (TPSA) is 56.1 Å². The van der Waals surface area contributed by atoms with Crippen molar-refractivity contribution in [2.75, 3.05) is 12.4 Å². The Morgan fingerprint density at radius 1 is 1.23 bits per heavy atom. The number of aryl methyl sites for hydroxylation is 2. The van der Waals surface area contributed by atoms with Crippen molar-refractivity contribution < 1.29 is 9.53 Å². The van der Waals surface area contributed by atoms with E-state index in [9.17, 15) is 4.79 Å². The van der Waals surface area contributed by atoms with Crippen LogP contribution < -0.4 is 10.1 Å². The molecule has 1 aromatic carbocycles. The van der Waals surface area contributed by atoms with E-state index in [4.69, 9.17) is 4.74 Å². The summed E-state index contributed by atoms with van der Waals surface area (Å²) in [6.07, 6.45) is 0. The molecule has 2 heterocycles. The lowest BCUT2D eigenvalue weighted by atomic mass is 10.2. The highest BCUT2D eigenvalue weighted by molar-refractivity contribution is 6.06. The van der Waals surface area contributed by atoms with E-state index in [0.717, 1.165) is 22.3 Å². The van der Waals surface area contributed by atoms with Crippen LogP contribution in [0.2, 0.25) is 0 Å². The highest BCUT2D eigenvalue weighted by atomic mass is 16.5. The zero-order valence-electron chi connectivity index (χ0n) is 12.8. The maximum Gasteiger partial charge on any atom is 0.273 e. The van der Waals surface area contributed by atoms with Crippen molar-refractivity contribution in [3.8, 4) is 5.75 Å². The molecule has 1 amide bonds. The number of ether oxygens (including phenoxy) is 1. The summed E-state index contributed by atoms with van der Waals surface area (Å²) in [4.78, 5) is 16.8. The molecule has 22 heavy (non-hydrogen) atoms. The molecule has 0 aliphatic carbocycles. The van der Waals surface area contributed by atoms with Crippen molar-refractivity contribution in [1.82, 2.24) is 9.55 Å². The number of benzene rings is 1. The van der Waals surface area contributed by atoms with Gasteiger partial charge in [-0.15, -0.1) is 0 Å². The molecular weight excluding hydrogens is 278 g/mol. The maximum absolute atomic E-state index is 12.5. The Labute approximate surface area is 128 Å². The third-order valence-electron chi connectivity index (χ3n) is 3.63. The summed E-state index contributed by atoms with van der Waals surface area (Å²) in [6, 6.07) is 13.1. The minimum atomic E-state index is -0.196. The number of aromatic nitrogens is 2. The first kappa shape index (κ1) is 14.1. The van der Waals surface area contributed by atoms with Crippen LogP contribution in [0.3, 0.4) is 0 Å². The Bertz CT molecular complexity index is 852. The number of rotatable bonds is 3. The lowest BCUT2D eigenvalue weighted by Crippen LogP contribution is -2.16. The molecule has 0 radical (unpaired) electrons. The second-order valence-electron chi connectivity index (χ2n) is 5.10. The smallest absolute Gasteiger partial charge is 0.273 e. The molecule has 1 N–H and O–H groups in total. The van der Waals surface area contributed by atoms with Crippen LogP contribution in [0.4, 0.5) is 5.82 Å². The van der Waals surface area contributed by atoms with Gasteiger partial charge >= 0.3 is 0 Å². The third kappa shape index (κ3) is 2.41. The average molecular weight is 295 g/mol. The quantitative estimate of drug-likeness (QED) is 0.807. The summed E-state index contributed by atoms with van der Waals surface area (Å²) in [5.74, 6) is 1.10. The van der Waals surface area contributed by atoms with E-state index >= 15 is 0 Å². The van der Waals surface area contributed by atoms with Gasteiger partial charge in [0.1, 0.15) is 17.3 Å². The molecule has 5 heteroatoms. The van der Waals surface area contributed by atoms with Crippen LogP contribution in [0, 0.1) is 6.92 Å². The Hall–Kier alpha value is -2.82. The minimum absolute atomic E-state index is 0.196. The number of amides is 1. The Morgan fingerprint density at radius 2 is 2.00 bits per heavy atom. The van der Waals surface area contributed by atoms with Gasteiger partial charge in [-0.1, -0.05) is 12.1 Å². The normalized spacial score (nSPS) is 10.7. The van der Waals surface area contributed by atoms with Crippen LogP contribution >= 0.6 is 0 Å². The van der Waals surface area contributed by atoms with Crippen LogP contribution in [0.15, 0.2) is 42.5 Å². The Kier molecular flexibility index (Phi) is 3.55. The molecule has 3 aromatic rings. The molecule has 0 saturated heterocycles. The second-order valence-corrected chi connectivity index (χ2v) is 5.10. The predicted octanol–water partition coefficient (Wildman–Crippen LogP) is 3.14. The molecule has 0 saturated carbocycles. The number of nitrogens with zero attached hydrogens (tertiary/aromatic N) is 2. The van der Waals surface area contributed by atoms with Gasteiger partial charge in [0.25, 0.3) is 5.91 Å². The first-order valence-electron chi connectivity index (χ1n) is 6.97. The number of hydrogen-bond donors (Lipinski definition) is 1. The van der Waals surface area contributed by atoms with Gasteiger partial charge in [0.05, 0.1) is 12.6 Å². The third-order valence-corrected chi connectivity index (χ3v) is 3.63. The van der Waals surface area contributed by atoms with Crippen molar-refractivity contribution in [2.24, 2.45) is 7.05 Å². The van der Waals surface area contributed by atoms with Gasteiger partial charge in [-0.25, -0.2) is 4.98 Å². The number of nitrogens with one attached hydrogen (secondary N) is 1. The van der Waals surface area contributed by atoms with E-state index in [1.54, 1.807) is 13.2 Å². The second kappa shape index (κ2) is 5.52. The summed E-state index contributed by atoms with van der Waals surface area (Å²) < 4.78 is 7.20. The highest BCUT2D eigenvalue weighted by Crippen LogP contribution is 2.28. The van der Waals surface area contributed by atoms with Crippen molar-refractivity contribution in [1.29, 1.82) is 0 Å². The number of carbonyl (C=O) groups excluding carboxylic acids is 1.